The second kappa shape index (κ2) is 7.05. The number of phenolic OH excluding ortho intramolecular Hbond substituents is 1. The molecule has 3 aliphatic carbocycles. The summed E-state index contributed by atoms with van der Waals surface area (Å²) in [5, 5.41) is 9.76. The molecule has 1 aromatic carbocycles. The summed E-state index contributed by atoms with van der Waals surface area (Å²) in [6.45, 7) is 2.00. The standard InChI is InChI=1S/C20H24O5S.Na/c1-3-20(25-26(22,23)24)11-9-18-17-6-4-13-12-14(21)5-7-15(13)16(17)8-10-19(18,20)2;/h1,5,7,12,16-18,21H,4,6,8-11H2,2H3,(H,22,23,24);/q;+1/p-1/t16-,17-,18+,19+,20+;/m1./s1. The Balaban J connectivity index is 0.00000210. The van der Waals surface area contributed by atoms with Gasteiger partial charge in [-0.3, -0.25) is 4.18 Å². The first-order valence-electron chi connectivity index (χ1n) is 9.15. The maximum atomic E-state index is 11.3. The molecule has 0 amide bonds. The molecule has 4 rings (SSSR count). The summed E-state index contributed by atoms with van der Waals surface area (Å²) in [7, 11) is -4.87. The predicted octanol–water partition coefficient (Wildman–Crippen LogP) is 0.101. The van der Waals surface area contributed by atoms with E-state index in [0.29, 0.717) is 24.0 Å². The molecule has 0 aliphatic heterocycles. The van der Waals surface area contributed by atoms with E-state index in [0.717, 1.165) is 32.1 Å². The van der Waals surface area contributed by atoms with Gasteiger partial charge in [0.05, 0.1) is 0 Å². The zero-order valence-corrected chi connectivity index (χ0v) is 18.6. The van der Waals surface area contributed by atoms with Crippen molar-refractivity contribution in [3.63, 3.8) is 0 Å². The molecule has 5 nitrogen and oxygen atoms in total. The van der Waals surface area contributed by atoms with Crippen LogP contribution in [-0.2, 0) is 21.0 Å². The number of fused-ring (bicyclic) bond motifs is 5. The number of benzene rings is 1. The van der Waals surface area contributed by atoms with Crippen LogP contribution in [0.3, 0.4) is 0 Å². The van der Waals surface area contributed by atoms with Crippen LogP contribution >= 0.6 is 0 Å². The molecule has 0 unspecified atom stereocenters. The van der Waals surface area contributed by atoms with Crippen molar-refractivity contribution >= 4 is 10.4 Å². The molecule has 0 heterocycles. The Bertz CT molecular complexity index is 892. The van der Waals surface area contributed by atoms with E-state index >= 15 is 0 Å². The average molecular weight is 398 g/mol. The Hall–Kier alpha value is -0.550. The van der Waals surface area contributed by atoms with Crippen molar-refractivity contribution in [3.8, 4) is 18.1 Å². The van der Waals surface area contributed by atoms with E-state index in [-0.39, 0.29) is 35.5 Å². The molecule has 7 heteroatoms. The number of terminal acetylenes is 1. The second-order valence-corrected chi connectivity index (χ2v) is 9.24. The van der Waals surface area contributed by atoms with Gasteiger partial charge in [-0.25, -0.2) is 8.42 Å². The first kappa shape index (κ1) is 21.2. The van der Waals surface area contributed by atoms with Crippen molar-refractivity contribution in [2.45, 2.75) is 57.0 Å². The van der Waals surface area contributed by atoms with Gasteiger partial charge in [0.2, 0.25) is 10.4 Å². The molecule has 5 atom stereocenters. The molecule has 0 saturated heterocycles. The summed E-state index contributed by atoms with van der Waals surface area (Å²) in [5.74, 6) is 3.85. The Morgan fingerprint density at radius 1 is 1.30 bits per heavy atom. The Morgan fingerprint density at radius 3 is 2.70 bits per heavy atom. The molecule has 27 heavy (non-hydrogen) atoms. The van der Waals surface area contributed by atoms with Crippen molar-refractivity contribution in [1.82, 2.24) is 0 Å². The van der Waals surface area contributed by atoms with Gasteiger partial charge in [0.25, 0.3) is 0 Å². The molecule has 0 spiro atoms. The van der Waals surface area contributed by atoms with Crippen LogP contribution in [0.5, 0.6) is 5.75 Å². The molecule has 2 fully saturated rings. The smallest absolute Gasteiger partial charge is 0.725 e. The van der Waals surface area contributed by atoms with Crippen LogP contribution in [0, 0.1) is 29.6 Å². The van der Waals surface area contributed by atoms with Gasteiger partial charge in [-0.2, -0.15) is 0 Å². The van der Waals surface area contributed by atoms with E-state index in [9.17, 15) is 18.1 Å². The third-order valence-electron chi connectivity index (χ3n) is 7.31. The third kappa shape index (κ3) is 3.27. The molecule has 2 saturated carbocycles. The van der Waals surface area contributed by atoms with Crippen molar-refractivity contribution in [2.75, 3.05) is 0 Å². The van der Waals surface area contributed by atoms with E-state index in [2.05, 4.69) is 5.92 Å². The fourth-order valence-corrected chi connectivity index (χ4v) is 6.81. The quantitative estimate of drug-likeness (QED) is 0.331. The zero-order chi connectivity index (χ0) is 18.7. The van der Waals surface area contributed by atoms with Crippen LogP contribution in [-0.4, -0.2) is 23.7 Å². The van der Waals surface area contributed by atoms with Crippen LogP contribution in [0.2, 0.25) is 0 Å². The predicted molar refractivity (Wildman–Crippen MR) is 95.1 cm³/mol. The topological polar surface area (TPSA) is 86.7 Å². The number of hydrogen-bond donors (Lipinski definition) is 1. The first-order chi connectivity index (χ1) is 12.2. The summed E-state index contributed by atoms with van der Waals surface area (Å²) in [5.41, 5.74) is 0.638. The summed E-state index contributed by atoms with van der Waals surface area (Å²) < 4.78 is 39.1. The number of aromatic hydroxyl groups is 1. The molecular formula is C20H23NaO5S. The minimum Gasteiger partial charge on any atom is -0.725 e. The molecular weight excluding hydrogens is 375 g/mol. The van der Waals surface area contributed by atoms with Crippen molar-refractivity contribution < 1.29 is 51.8 Å². The van der Waals surface area contributed by atoms with E-state index in [1.807, 2.05) is 19.1 Å². The maximum Gasteiger partial charge on any atom is 1.00 e. The van der Waals surface area contributed by atoms with E-state index in [4.69, 9.17) is 10.6 Å². The van der Waals surface area contributed by atoms with Gasteiger partial charge < -0.3 is 9.66 Å². The number of rotatable bonds is 2. The minimum atomic E-state index is -4.87. The monoisotopic (exact) mass is 398 g/mol. The van der Waals surface area contributed by atoms with Gasteiger partial charge in [0.1, 0.15) is 5.75 Å². The van der Waals surface area contributed by atoms with Crippen molar-refractivity contribution in [2.24, 2.45) is 17.3 Å². The molecule has 1 N–H and O–H groups in total. The Morgan fingerprint density at radius 2 is 2.04 bits per heavy atom. The maximum absolute atomic E-state index is 11.3. The van der Waals surface area contributed by atoms with E-state index in [1.54, 1.807) is 6.07 Å². The van der Waals surface area contributed by atoms with Gasteiger partial charge in [0.15, 0.2) is 5.60 Å². The van der Waals surface area contributed by atoms with Gasteiger partial charge in [-0.05, 0) is 79.5 Å². The Labute approximate surface area is 183 Å². The normalized spacial score (nSPS) is 37.3. The minimum absolute atomic E-state index is 0. The summed E-state index contributed by atoms with van der Waals surface area (Å²) in [6, 6.07) is 5.61. The largest absolute Gasteiger partial charge is 1.00 e. The fourth-order valence-electron chi connectivity index (χ4n) is 6.14. The molecule has 0 radical (unpaired) electrons. The molecule has 140 valence electrons. The van der Waals surface area contributed by atoms with Crippen LogP contribution in [0.1, 0.15) is 56.1 Å². The third-order valence-corrected chi connectivity index (χ3v) is 7.80. The van der Waals surface area contributed by atoms with Crippen LogP contribution < -0.4 is 29.6 Å². The van der Waals surface area contributed by atoms with Gasteiger partial charge >= 0.3 is 29.6 Å². The molecule has 1 aromatic rings. The number of hydrogen-bond acceptors (Lipinski definition) is 5. The average Bonchev–Trinajstić information content (AvgIpc) is 2.86. The molecule has 3 aliphatic rings. The number of phenols is 1. The van der Waals surface area contributed by atoms with Crippen LogP contribution in [0.15, 0.2) is 18.2 Å². The summed E-state index contributed by atoms with van der Waals surface area (Å²) >= 11 is 0. The van der Waals surface area contributed by atoms with Crippen molar-refractivity contribution in [1.29, 1.82) is 0 Å². The van der Waals surface area contributed by atoms with Crippen molar-refractivity contribution in [3.05, 3.63) is 29.3 Å². The number of aryl methyl sites for hydroxylation is 1. The van der Waals surface area contributed by atoms with E-state index in [1.165, 1.54) is 11.1 Å². The van der Waals surface area contributed by atoms with Gasteiger partial charge in [0, 0.05) is 5.41 Å². The fraction of sp³-hybridized carbons (Fsp3) is 0.600. The molecule has 0 aromatic heterocycles. The summed E-state index contributed by atoms with van der Waals surface area (Å²) in [4.78, 5) is 0. The van der Waals surface area contributed by atoms with Crippen LogP contribution in [0.4, 0.5) is 0 Å². The zero-order valence-electron chi connectivity index (χ0n) is 15.8. The Kier molecular flexibility index (Phi) is 5.53. The van der Waals surface area contributed by atoms with Crippen LogP contribution in [0.25, 0.3) is 0 Å². The molecule has 0 bridgehead atoms. The SMILES string of the molecule is C#C[C@]1(OS(=O)(=O)[O-])CC[C@H]2[C@@H]3CCc4cc(O)ccc4[C@H]3CC[C@@]21C.[Na+]. The van der Waals surface area contributed by atoms with Gasteiger partial charge in [-0.1, -0.05) is 18.9 Å². The van der Waals surface area contributed by atoms with Gasteiger partial charge in [-0.15, -0.1) is 6.42 Å². The summed E-state index contributed by atoms with van der Waals surface area (Å²) in [6.07, 6.45) is 10.4. The van der Waals surface area contributed by atoms with E-state index < -0.39 is 21.4 Å². The second-order valence-electron chi connectivity index (χ2n) is 8.26. The first-order valence-corrected chi connectivity index (χ1v) is 10.5.